The number of carbonyl (C=O) groups excluding carboxylic acids is 2. The van der Waals surface area contributed by atoms with Gasteiger partial charge in [0, 0.05) is 19.5 Å². The summed E-state index contributed by atoms with van der Waals surface area (Å²) in [5.74, 6) is 0.129. The van der Waals surface area contributed by atoms with Gasteiger partial charge >= 0.3 is 5.97 Å². The van der Waals surface area contributed by atoms with Gasteiger partial charge in [0.05, 0.1) is 23.4 Å². The lowest BCUT2D eigenvalue weighted by Gasteiger charge is -2.30. The van der Waals surface area contributed by atoms with E-state index in [9.17, 15) is 9.59 Å². The van der Waals surface area contributed by atoms with E-state index in [4.69, 9.17) is 11.6 Å². The highest BCUT2D eigenvalue weighted by Crippen LogP contribution is 2.24. The molecular weight excluding hydrogens is 316 g/mol. The summed E-state index contributed by atoms with van der Waals surface area (Å²) in [4.78, 5) is 26.0. The van der Waals surface area contributed by atoms with Gasteiger partial charge in [-0.1, -0.05) is 18.5 Å². The normalized spacial score (nSPS) is 18.5. The quantitative estimate of drug-likeness (QED) is 0.838. The van der Waals surface area contributed by atoms with Crippen molar-refractivity contribution in [2.45, 2.75) is 26.2 Å². The van der Waals surface area contributed by atoms with Crippen molar-refractivity contribution >= 4 is 29.2 Å². The van der Waals surface area contributed by atoms with E-state index in [1.165, 1.54) is 26.0 Å². The Hall–Kier alpha value is -1.59. The lowest BCUT2D eigenvalue weighted by Crippen LogP contribution is -2.36. The van der Waals surface area contributed by atoms with Crippen LogP contribution < -0.4 is 5.32 Å². The minimum Gasteiger partial charge on any atom is -0.465 e. The van der Waals surface area contributed by atoms with Crippen LogP contribution >= 0.6 is 11.6 Å². The summed E-state index contributed by atoms with van der Waals surface area (Å²) in [7, 11) is 1.31. The number of likely N-dealkylation sites (tertiary alicyclic amines) is 1. The van der Waals surface area contributed by atoms with E-state index >= 15 is 0 Å². The molecule has 5 nitrogen and oxygen atoms in total. The molecule has 1 amide bonds. The Morgan fingerprint density at radius 2 is 2.22 bits per heavy atom. The summed E-state index contributed by atoms with van der Waals surface area (Å²) < 4.78 is 4.67. The first-order valence-corrected chi connectivity index (χ1v) is 8.27. The average molecular weight is 339 g/mol. The number of anilines is 1. The standard InChI is InChI=1S/C17H23ClN2O3/c1-12-4-3-8-20(11-12)9-7-16(21)19-15-10-13(17(22)23-2)5-6-14(15)18/h5-6,10,12H,3-4,7-9,11H2,1-2H3,(H,19,21). The van der Waals surface area contributed by atoms with Crippen LogP contribution in [0.5, 0.6) is 0 Å². The number of amides is 1. The SMILES string of the molecule is COC(=O)c1ccc(Cl)c(NC(=O)CCN2CCCC(C)C2)c1. The summed E-state index contributed by atoms with van der Waals surface area (Å²) in [5.41, 5.74) is 0.795. The third-order valence-corrected chi connectivity index (χ3v) is 4.39. The predicted octanol–water partition coefficient (Wildman–Crippen LogP) is 3.19. The number of hydrogen-bond acceptors (Lipinski definition) is 4. The molecule has 1 saturated heterocycles. The van der Waals surface area contributed by atoms with E-state index in [-0.39, 0.29) is 5.91 Å². The van der Waals surface area contributed by atoms with Gasteiger partial charge in [-0.05, 0) is 43.5 Å². The molecule has 126 valence electrons. The van der Waals surface area contributed by atoms with Crippen LogP contribution in [0, 0.1) is 5.92 Å². The highest BCUT2D eigenvalue weighted by Gasteiger charge is 2.17. The van der Waals surface area contributed by atoms with Crippen molar-refractivity contribution in [1.29, 1.82) is 0 Å². The van der Waals surface area contributed by atoms with Crippen LogP contribution in [0.25, 0.3) is 0 Å². The zero-order valence-electron chi connectivity index (χ0n) is 13.6. The van der Waals surface area contributed by atoms with Crippen molar-refractivity contribution in [3.8, 4) is 0 Å². The number of rotatable bonds is 5. The molecule has 1 N–H and O–H groups in total. The Balaban J connectivity index is 1.90. The van der Waals surface area contributed by atoms with Gasteiger partial charge in [0.15, 0.2) is 0 Å². The molecule has 0 spiro atoms. The number of hydrogen-bond donors (Lipinski definition) is 1. The number of nitrogens with zero attached hydrogens (tertiary/aromatic N) is 1. The summed E-state index contributed by atoms with van der Waals surface area (Å²) in [6.45, 7) is 5.08. The van der Waals surface area contributed by atoms with Crippen LogP contribution in [-0.4, -0.2) is 43.5 Å². The Morgan fingerprint density at radius 3 is 2.91 bits per heavy atom. The van der Waals surface area contributed by atoms with E-state index < -0.39 is 5.97 Å². The van der Waals surface area contributed by atoms with Gasteiger partial charge in [0.25, 0.3) is 0 Å². The maximum atomic E-state index is 12.1. The molecule has 1 unspecified atom stereocenters. The molecule has 0 aliphatic carbocycles. The molecule has 6 heteroatoms. The maximum absolute atomic E-state index is 12.1. The van der Waals surface area contributed by atoms with E-state index in [0.29, 0.717) is 28.6 Å². The molecule has 1 aliphatic heterocycles. The number of nitrogens with one attached hydrogen (secondary N) is 1. The van der Waals surface area contributed by atoms with Gasteiger partial charge < -0.3 is 15.0 Å². The van der Waals surface area contributed by atoms with Crippen molar-refractivity contribution < 1.29 is 14.3 Å². The molecule has 0 saturated carbocycles. The number of esters is 1. The lowest BCUT2D eigenvalue weighted by molar-refractivity contribution is -0.116. The molecule has 1 aromatic carbocycles. The fourth-order valence-corrected chi connectivity index (χ4v) is 2.99. The number of carbonyl (C=O) groups is 2. The Morgan fingerprint density at radius 1 is 1.43 bits per heavy atom. The van der Waals surface area contributed by atoms with Crippen LogP contribution in [0.1, 0.15) is 36.5 Å². The van der Waals surface area contributed by atoms with Gasteiger partial charge in [0.1, 0.15) is 0 Å². The highest BCUT2D eigenvalue weighted by atomic mass is 35.5. The molecule has 1 aromatic rings. The number of halogens is 1. The van der Waals surface area contributed by atoms with Crippen LogP contribution in [0.2, 0.25) is 5.02 Å². The lowest BCUT2D eigenvalue weighted by atomic mass is 10.0. The van der Waals surface area contributed by atoms with Crippen LogP contribution in [0.4, 0.5) is 5.69 Å². The smallest absolute Gasteiger partial charge is 0.337 e. The number of ether oxygens (including phenoxy) is 1. The molecule has 1 aliphatic rings. The van der Waals surface area contributed by atoms with Crippen LogP contribution in [0.15, 0.2) is 18.2 Å². The Bertz CT molecular complexity index is 577. The monoisotopic (exact) mass is 338 g/mol. The predicted molar refractivity (Wildman–Crippen MR) is 90.9 cm³/mol. The summed E-state index contributed by atoms with van der Waals surface area (Å²) in [6.07, 6.45) is 2.86. The second-order valence-corrected chi connectivity index (χ2v) is 6.44. The molecule has 0 radical (unpaired) electrons. The van der Waals surface area contributed by atoms with Gasteiger partial charge in [0.2, 0.25) is 5.91 Å². The van der Waals surface area contributed by atoms with E-state index in [1.54, 1.807) is 12.1 Å². The van der Waals surface area contributed by atoms with Gasteiger partial charge in [-0.2, -0.15) is 0 Å². The summed E-state index contributed by atoms with van der Waals surface area (Å²) in [5, 5.41) is 3.18. The maximum Gasteiger partial charge on any atom is 0.337 e. The molecule has 23 heavy (non-hydrogen) atoms. The van der Waals surface area contributed by atoms with Crippen molar-refractivity contribution in [2.75, 3.05) is 32.1 Å². The number of methoxy groups -OCH3 is 1. The van der Waals surface area contributed by atoms with Crippen molar-refractivity contribution in [3.05, 3.63) is 28.8 Å². The molecule has 0 aromatic heterocycles. The zero-order chi connectivity index (χ0) is 16.8. The number of benzene rings is 1. The first-order valence-electron chi connectivity index (χ1n) is 7.89. The fraction of sp³-hybridized carbons (Fsp3) is 0.529. The molecule has 0 bridgehead atoms. The van der Waals surface area contributed by atoms with Crippen LogP contribution in [0.3, 0.4) is 0 Å². The van der Waals surface area contributed by atoms with Crippen molar-refractivity contribution in [1.82, 2.24) is 4.90 Å². The molecular formula is C17H23ClN2O3. The second kappa shape index (κ2) is 8.31. The third kappa shape index (κ3) is 5.22. The van der Waals surface area contributed by atoms with Gasteiger partial charge in [-0.3, -0.25) is 4.79 Å². The average Bonchev–Trinajstić information content (AvgIpc) is 2.54. The molecule has 1 fully saturated rings. The second-order valence-electron chi connectivity index (χ2n) is 6.03. The fourth-order valence-electron chi connectivity index (χ4n) is 2.83. The highest BCUT2D eigenvalue weighted by molar-refractivity contribution is 6.33. The Kier molecular flexibility index (Phi) is 6.42. The number of piperidine rings is 1. The molecule has 2 rings (SSSR count). The van der Waals surface area contributed by atoms with E-state index in [2.05, 4.69) is 21.9 Å². The molecule has 1 atom stereocenters. The van der Waals surface area contributed by atoms with Crippen molar-refractivity contribution in [3.63, 3.8) is 0 Å². The first kappa shape index (κ1) is 17.8. The van der Waals surface area contributed by atoms with Gasteiger partial charge in [-0.25, -0.2) is 4.79 Å². The van der Waals surface area contributed by atoms with Crippen molar-refractivity contribution in [2.24, 2.45) is 5.92 Å². The minimum atomic E-state index is -0.459. The molecule has 1 heterocycles. The van der Waals surface area contributed by atoms with E-state index in [0.717, 1.165) is 19.6 Å². The topological polar surface area (TPSA) is 58.6 Å². The zero-order valence-corrected chi connectivity index (χ0v) is 14.4. The summed E-state index contributed by atoms with van der Waals surface area (Å²) >= 11 is 6.08. The third-order valence-electron chi connectivity index (χ3n) is 4.06. The minimum absolute atomic E-state index is 0.104. The van der Waals surface area contributed by atoms with Crippen LogP contribution in [-0.2, 0) is 9.53 Å². The largest absolute Gasteiger partial charge is 0.465 e. The Labute approximate surface area is 141 Å². The first-order chi connectivity index (χ1) is 11.0. The summed E-state index contributed by atoms with van der Waals surface area (Å²) in [6, 6.07) is 4.68. The van der Waals surface area contributed by atoms with Gasteiger partial charge in [-0.15, -0.1) is 0 Å². The van der Waals surface area contributed by atoms with E-state index in [1.807, 2.05) is 0 Å².